The van der Waals surface area contributed by atoms with E-state index in [0.717, 1.165) is 0 Å². The highest BCUT2D eigenvalue weighted by atomic mass is 16.5. The Balaban J connectivity index is 2.08. The lowest BCUT2D eigenvalue weighted by molar-refractivity contribution is -0.175. The maximum atomic E-state index is 11.3. The number of carbonyl (C=O) groups excluding carboxylic acids is 2. The van der Waals surface area contributed by atoms with Gasteiger partial charge in [0.15, 0.2) is 0 Å². The SMILES string of the molecule is O=C1C2C3C=CC(O3)C2C(=O)N1O. The largest absolute Gasteiger partial charge is 0.365 e. The van der Waals surface area contributed by atoms with Gasteiger partial charge in [-0.3, -0.25) is 14.8 Å². The van der Waals surface area contributed by atoms with Gasteiger partial charge in [0.05, 0.1) is 24.0 Å². The summed E-state index contributed by atoms with van der Waals surface area (Å²) in [5.74, 6) is -2.06. The quantitative estimate of drug-likeness (QED) is 0.305. The molecule has 5 heteroatoms. The van der Waals surface area contributed by atoms with Crippen LogP contribution in [-0.4, -0.2) is 34.3 Å². The average Bonchev–Trinajstić information content (AvgIpc) is 2.76. The van der Waals surface area contributed by atoms with E-state index < -0.39 is 23.7 Å². The molecule has 3 heterocycles. The van der Waals surface area contributed by atoms with Crippen LogP contribution in [0.4, 0.5) is 0 Å². The van der Waals surface area contributed by atoms with Gasteiger partial charge in [-0.15, -0.1) is 0 Å². The number of hydroxylamine groups is 2. The molecule has 4 atom stereocenters. The van der Waals surface area contributed by atoms with Crippen LogP contribution >= 0.6 is 0 Å². The van der Waals surface area contributed by atoms with Gasteiger partial charge in [0.1, 0.15) is 0 Å². The number of imide groups is 1. The van der Waals surface area contributed by atoms with E-state index in [1.807, 2.05) is 0 Å². The minimum Gasteiger partial charge on any atom is -0.365 e. The smallest absolute Gasteiger partial charge is 0.260 e. The summed E-state index contributed by atoms with van der Waals surface area (Å²) < 4.78 is 5.34. The van der Waals surface area contributed by atoms with E-state index in [4.69, 9.17) is 9.94 Å². The van der Waals surface area contributed by atoms with Crippen LogP contribution in [0.15, 0.2) is 12.2 Å². The Morgan fingerprint density at radius 1 is 1.15 bits per heavy atom. The minimum atomic E-state index is -0.535. The van der Waals surface area contributed by atoms with E-state index in [-0.39, 0.29) is 17.3 Å². The third-order valence-electron chi connectivity index (χ3n) is 2.89. The molecule has 0 aromatic rings. The summed E-state index contributed by atoms with van der Waals surface area (Å²) in [6, 6.07) is 0. The number of fused-ring (bicyclic) bond motifs is 5. The van der Waals surface area contributed by atoms with Gasteiger partial charge in [-0.2, -0.15) is 5.06 Å². The fraction of sp³-hybridized carbons (Fsp3) is 0.500. The number of hydrogen-bond donors (Lipinski definition) is 1. The molecule has 0 aliphatic carbocycles. The van der Waals surface area contributed by atoms with Crippen LogP contribution in [0, 0.1) is 11.8 Å². The van der Waals surface area contributed by atoms with Crippen molar-refractivity contribution in [2.24, 2.45) is 11.8 Å². The van der Waals surface area contributed by atoms with Crippen molar-refractivity contribution in [1.82, 2.24) is 5.06 Å². The lowest BCUT2D eigenvalue weighted by Gasteiger charge is -2.09. The van der Waals surface area contributed by atoms with Crippen molar-refractivity contribution in [2.45, 2.75) is 12.2 Å². The second kappa shape index (κ2) is 2.00. The van der Waals surface area contributed by atoms with Crippen LogP contribution in [0.1, 0.15) is 0 Å². The van der Waals surface area contributed by atoms with Crippen LogP contribution in [0.2, 0.25) is 0 Å². The predicted octanol–water partition coefficient (Wildman–Crippen LogP) is -0.686. The number of amides is 2. The molecule has 0 spiro atoms. The molecule has 5 nitrogen and oxygen atoms in total. The van der Waals surface area contributed by atoms with Crippen LogP contribution in [0.3, 0.4) is 0 Å². The van der Waals surface area contributed by atoms with Crippen molar-refractivity contribution in [1.29, 1.82) is 0 Å². The van der Waals surface area contributed by atoms with E-state index in [0.29, 0.717) is 0 Å². The molecule has 2 fully saturated rings. The summed E-state index contributed by atoms with van der Waals surface area (Å²) in [5, 5.41) is 9.31. The molecule has 0 aromatic carbocycles. The molecular weight excluding hydrogens is 174 g/mol. The van der Waals surface area contributed by atoms with Gasteiger partial charge in [-0.25, -0.2) is 0 Å². The zero-order chi connectivity index (χ0) is 9.16. The first-order valence-electron chi connectivity index (χ1n) is 4.10. The van der Waals surface area contributed by atoms with E-state index >= 15 is 0 Å². The Kier molecular flexibility index (Phi) is 1.11. The van der Waals surface area contributed by atoms with Gasteiger partial charge in [0.25, 0.3) is 11.8 Å². The number of nitrogens with zero attached hydrogens (tertiary/aromatic N) is 1. The minimum absolute atomic E-state index is 0.227. The van der Waals surface area contributed by atoms with Crippen LogP contribution < -0.4 is 0 Å². The normalized spacial score (nSPS) is 46.4. The van der Waals surface area contributed by atoms with Gasteiger partial charge in [-0.1, -0.05) is 12.2 Å². The highest BCUT2D eigenvalue weighted by molar-refractivity contribution is 6.05. The Morgan fingerprint density at radius 3 is 2.08 bits per heavy atom. The summed E-state index contributed by atoms with van der Waals surface area (Å²) >= 11 is 0. The highest BCUT2D eigenvalue weighted by Crippen LogP contribution is 2.44. The van der Waals surface area contributed by atoms with E-state index in [9.17, 15) is 9.59 Å². The van der Waals surface area contributed by atoms with Crippen molar-refractivity contribution in [3.8, 4) is 0 Å². The van der Waals surface area contributed by atoms with Gasteiger partial charge in [0, 0.05) is 0 Å². The molecule has 2 amide bonds. The van der Waals surface area contributed by atoms with Crippen molar-refractivity contribution in [3.05, 3.63) is 12.2 Å². The zero-order valence-electron chi connectivity index (χ0n) is 6.58. The first kappa shape index (κ1) is 7.23. The second-order valence-electron chi connectivity index (χ2n) is 3.49. The molecule has 2 saturated heterocycles. The topological polar surface area (TPSA) is 66.8 Å². The maximum Gasteiger partial charge on any atom is 0.260 e. The highest BCUT2D eigenvalue weighted by Gasteiger charge is 2.60. The lowest BCUT2D eigenvalue weighted by atomic mass is 9.85. The van der Waals surface area contributed by atoms with Crippen LogP contribution in [0.5, 0.6) is 0 Å². The standard InChI is InChI=1S/C8H7NO4/c10-7-5-3-1-2-4(13-3)6(5)8(11)9(7)12/h1-6,12H. The Labute approximate surface area is 73.5 Å². The fourth-order valence-electron chi connectivity index (χ4n) is 2.29. The first-order valence-corrected chi connectivity index (χ1v) is 4.10. The van der Waals surface area contributed by atoms with Crippen molar-refractivity contribution >= 4 is 11.8 Å². The zero-order valence-corrected chi connectivity index (χ0v) is 6.58. The fourth-order valence-corrected chi connectivity index (χ4v) is 2.29. The molecule has 2 bridgehead atoms. The number of rotatable bonds is 0. The summed E-state index contributed by atoms with van der Waals surface area (Å²) in [7, 11) is 0. The van der Waals surface area contributed by atoms with Crippen molar-refractivity contribution < 1.29 is 19.5 Å². The third-order valence-corrected chi connectivity index (χ3v) is 2.89. The second-order valence-corrected chi connectivity index (χ2v) is 3.49. The monoisotopic (exact) mass is 181 g/mol. The van der Waals surface area contributed by atoms with Gasteiger partial charge in [-0.05, 0) is 0 Å². The van der Waals surface area contributed by atoms with Crippen LogP contribution in [-0.2, 0) is 14.3 Å². The number of ether oxygens (including phenoxy) is 1. The van der Waals surface area contributed by atoms with Gasteiger partial charge >= 0.3 is 0 Å². The van der Waals surface area contributed by atoms with E-state index in [1.165, 1.54) is 0 Å². The molecule has 0 aromatic heterocycles. The lowest BCUT2D eigenvalue weighted by Crippen LogP contribution is -2.31. The molecule has 0 radical (unpaired) electrons. The Morgan fingerprint density at radius 2 is 1.62 bits per heavy atom. The number of carbonyl (C=O) groups is 2. The summed E-state index contributed by atoms with van der Waals surface area (Å²) in [6.45, 7) is 0. The summed E-state index contributed by atoms with van der Waals surface area (Å²) in [6.07, 6.45) is 2.92. The Hall–Kier alpha value is -1.20. The molecule has 13 heavy (non-hydrogen) atoms. The van der Waals surface area contributed by atoms with Crippen LogP contribution in [0.25, 0.3) is 0 Å². The molecule has 0 saturated carbocycles. The molecule has 68 valence electrons. The van der Waals surface area contributed by atoms with Gasteiger partial charge in [0.2, 0.25) is 0 Å². The molecule has 1 N–H and O–H groups in total. The van der Waals surface area contributed by atoms with Crippen molar-refractivity contribution in [3.63, 3.8) is 0 Å². The molecule has 3 aliphatic heterocycles. The molecule has 3 aliphatic rings. The van der Waals surface area contributed by atoms with Gasteiger partial charge < -0.3 is 4.74 Å². The van der Waals surface area contributed by atoms with E-state index in [1.54, 1.807) is 12.2 Å². The molecule has 4 unspecified atom stereocenters. The van der Waals surface area contributed by atoms with E-state index in [2.05, 4.69) is 0 Å². The first-order chi connectivity index (χ1) is 6.20. The molecular formula is C8H7NO4. The predicted molar refractivity (Wildman–Crippen MR) is 38.4 cm³/mol. The molecule has 3 rings (SSSR count). The van der Waals surface area contributed by atoms with Crippen molar-refractivity contribution in [2.75, 3.05) is 0 Å². The summed E-state index contributed by atoms with van der Waals surface area (Å²) in [5.41, 5.74) is 0. The average molecular weight is 181 g/mol. The third kappa shape index (κ3) is 0.653. The summed E-state index contributed by atoms with van der Waals surface area (Å²) in [4.78, 5) is 22.7. The maximum absolute atomic E-state index is 11.3. The Bertz CT molecular complexity index is 307. The number of hydrogen-bond acceptors (Lipinski definition) is 4.